The molecule has 0 bridgehead atoms. The van der Waals surface area contributed by atoms with Crippen molar-refractivity contribution < 1.29 is 0 Å². The first-order chi connectivity index (χ1) is 9.83. The fraction of sp³-hybridized carbons (Fsp3) is 0.500. The molecule has 2 atom stereocenters. The van der Waals surface area contributed by atoms with Crippen LogP contribution in [0, 0.1) is 5.92 Å². The monoisotopic (exact) mass is 268 g/mol. The molecule has 104 valence electrons. The number of aromatic nitrogens is 2. The summed E-state index contributed by atoms with van der Waals surface area (Å²) >= 11 is 0. The molecule has 4 heteroatoms. The second-order valence-corrected chi connectivity index (χ2v) is 6.02. The van der Waals surface area contributed by atoms with Crippen molar-refractivity contribution in [2.24, 2.45) is 5.92 Å². The summed E-state index contributed by atoms with van der Waals surface area (Å²) in [7, 11) is 0. The van der Waals surface area contributed by atoms with Crippen LogP contribution in [0.5, 0.6) is 0 Å². The topological polar surface area (TPSA) is 55.0 Å². The highest BCUT2D eigenvalue weighted by Gasteiger charge is 2.37. The smallest absolute Gasteiger partial charge is 0.172 e. The summed E-state index contributed by atoms with van der Waals surface area (Å²) in [5.41, 5.74) is 8.00. The number of para-hydroxylation sites is 2. The lowest BCUT2D eigenvalue weighted by atomic mass is 9.85. The minimum Gasteiger partial charge on any atom is -0.381 e. The predicted octanol–water partition coefficient (Wildman–Crippen LogP) is 2.98. The molecule has 1 saturated heterocycles. The molecule has 2 heterocycles. The SMILES string of the molecule is Nc1nc2ccccc2nc1N1CCC2CCCCC21. The molecule has 1 aromatic heterocycles. The minimum absolute atomic E-state index is 0.579. The normalized spacial score (nSPS) is 25.9. The van der Waals surface area contributed by atoms with Crippen LogP contribution in [0.4, 0.5) is 11.6 Å². The molecule has 1 saturated carbocycles. The van der Waals surface area contributed by atoms with E-state index in [1.807, 2.05) is 24.3 Å². The van der Waals surface area contributed by atoms with Crippen LogP contribution in [-0.4, -0.2) is 22.6 Å². The number of nitrogen functional groups attached to an aromatic ring is 1. The van der Waals surface area contributed by atoms with Crippen molar-refractivity contribution in [3.8, 4) is 0 Å². The second-order valence-electron chi connectivity index (χ2n) is 6.02. The van der Waals surface area contributed by atoms with Gasteiger partial charge in [-0.3, -0.25) is 0 Å². The van der Waals surface area contributed by atoms with Crippen molar-refractivity contribution >= 4 is 22.7 Å². The molecule has 2 fully saturated rings. The average Bonchev–Trinajstić information content (AvgIpc) is 2.90. The Morgan fingerprint density at radius 3 is 2.60 bits per heavy atom. The first-order valence-electron chi connectivity index (χ1n) is 7.62. The largest absolute Gasteiger partial charge is 0.381 e. The molecule has 1 aliphatic heterocycles. The van der Waals surface area contributed by atoms with Gasteiger partial charge in [0, 0.05) is 12.6 Å². The summed E-state index contributed by atoms with van der Waals surface area (Å²) in [4.78, 5) is 11.7. The Hall–Kier alpha value is -1.84. The van der Waals surface area contributed by atoms with E-state index in [1.54, 1.807) is 0 Å². The Kier molecular flexibility index (Phi) is 2.76. The molecule has 4 nitrogen and oxygen atoms in total. The number of rotatable bonds is 1. The highest BCUT2D eigenvalue weighted by molar-refractivity contribution is 5.80. The number of benzene rings is 1. The minimum atomic E-state index is 0.579. The molecular formula is C16H20N4. The van der Waals surface area contributed by atoms with Crippen LogP contribution in [0.15, 0.2) is 24.3 Å². The Morgan fingerprint density at radius 1 is 1.00 bits per heavy atom. The molecule has 2 aliphatic rings. The van der Waals surface area contributed by atoms with Crippen molar-refractivity contribution in [1.82, 2.24) is 9.97 Å². The van der Waals surface area contributed by atoms with E-state index in [4.69, 9.17) is 10.7 Å². The Bertz CT molecular complexity index is 639. The molecule has 2 unspecified atom stereocenters. The van der Waals surface area contributed by atoms with E-state index in [0.29, 0.717) is 11.9 Å². The summed E-state index contributed by atoms with van der Waals surface area (Å²) in [6.45, 7) is 1.08. The standard InChI is InChI=1S/C16H20N4/c17-15-16(19-13-7-3-2-6-12(13)18-15)20-10-9-11-5-1-4-8-14(11)20/h2-3,6-7,11,14H,1,4-5,8-10H2,(H2,17,18). The van der Waals surface area contributed by atoms with Crippen LogP contribution in [0.1, 0.15) is 32.1 Å². The maximum atomic E-state index is 6.17. The Labute approximate surface area is 119 Å². The zero-order valence-corrected chi connectivity index (χ0v) is 11.6. The number of fused-ring (bicyclic) bond motifs is 2. The van der Waals surface area contributed by atoms with Crippen LogP contribution < -0.4 is 10.6 Å². The van der Waals surface area contributed by atoms with E-state index in [-0.39, 0.29) is 0 Å². The number of hydrogen-bond donors (Lipinski definition) is 1. The highest BCUT2D eigenvalue weighted by Crippen LogP contribution is 2.39. The van der Waals surface area contributed by atoms with Crippen LogP contribution in [-0.2, 0) is 0 Å². The maximum absolute atomic E-state index is 6.17. The van der Waals surface area contributed by atoms with E-state index >= 15 is 0 Å². The summed E-state index contributed by atoms with van der Waals surface area (Å²) < 4.78 is 0. The fourth-order valence-corrected chi connectivity index (χ4v) is 3.88. The lowest BCUT2D eigenvalue weighted by Crippen LogP contribution is -2.35. The summed E-state index contributed by atoms with van der Waals surface area (Å²) in [6.07, 6.45) is 6.63. The third-order valence-electron chi connectivity index (χ3n) is 4.86. The van der Waals surface area contributed by atoms with Gasteiger partial charge in [-0.25, -0.2) is 9.97 Å². The van der Waals surface area contributed by atoms with Crippen molar-refractivity contribution in [2.45, 2.75) is 38.1 Å². The third-order valence-corrected chi connectivity index (χ3v) is 4.86. The summed E-state index contributed by atoms with van der Waals surface area (Å²) in [6, 6.07) is 8.59. The molecule has 1 aromatic carbocycles. The van der Waals surface area contributed by atoms with Gasteiger partial charge < -0.3 is 10.6 Å². The van der Waals surface area contributed by atoms with Crippen molar-refractivity contribution in [2.75, 3.05) is 17.2 Å². The van der Waals surface area contributed by atoms with Gasteiger partial charge in [-0.2, -0.15) is 0 Å². The molecule has 1 aliphatic carbocycles. The van der Waals surface area contributed by atoms with Crippen LogP contribution >= 0.6 is 0 Å². The number of nitrogens with zero attached hydrogens (tertiary/aromatic N) is 3. The number of nitrogens with two attached hydrogens (primary N) is 1. The van der Waals surface area contributed by atoms with Crippen molar-refractivity contribution in [1.29, 1.82) is 0 Å². The first kappa shape index (κ1) is 11.9. The van der Waals surface area contributed by atoms with Crippen LogP contribution in [0.25, 0.3) is 11.0 Å². The molecule has 4 rings (SSSR count). The highest BCUT2D eigenvalue weighted by atomic mass is 15.3. The van der Waals surface area contributed by atoms with Gasteiger partial charge in [-0.05, 0) is 37.3 Å². The van der Waals surface area contributed by atoms with Gasteiger partial charge in [0.15, 0.2) is 11.6 Å². The fourth-order valence-electron chi connectivity index (χ4n) is 3.88. The molecule has 0 spiro atoms. The quantitative estimate of drug-likeness (QED) is 0.864. The van der Waals surface area contributed by atoms with Gasteiger partial charge in [0.05, 0.1) is 11.0 Å². The number of hydrogen-bond acceptors (Lipinski definition) is 4. The molecule has 20 heavy (non-hydrogen) atoms. The van der Waals surface area contributed by atoms with Crippen molar-refractivity contribution in [3.05, 3.63) is 24.3 Å². The van der Waals surface area contributed by atoms with E-state index in [0.717, 1.165) is 29.3 Å². The zero-order valence-electron chi connectivity index (χ0n) is 11.6. The van der Waals surface area contributed by atoms with Crippen molar-refractivity contribution in [3.63, 3.8) is 0 Å². The average molecular weight is 268 g/mol. The molecule has 0 radical (unpaired) electrons. The summed E-state index contributed by atoms with van der Waals surface area (Å²) in [5, 5.41) is 0. The van der Waals surface area contributed by atoms with Crippen LogP contribution in [0.3, 0.4) is 0 Å². The van der Waals surface area contributed by atoms with E-state index in [2.05, 4.69) is 9.88 Å². The summed E-state index contributed by atoms with van der Waals surface area (Å²) in [5.74, 6) is 2.31. The Morgan fingerprint density at radius 2 is 1.75 bits per heavy atom. The van der Waals surface area contributed by atoms with E-state index in [9.17, 15) is 0 Å². The maximum Gasteiger partial charge on any atom is 0.172 e. The zero-order chi connectivity index (χ0) is 13.5. The van der Waals surface area contributed by atoms with Crippen LogP contribution in [0.2, 0.25) is 0 Å². The molecular weight excluding hydrogens is 248 g/mol. The van der Waals surface area contributed by atoms with E-state index < -0.39 is 0 Å². The lowest BCUT2D eigenvalue weighted by molar-refractivity contribution is 0.341. The Balaban J connectivity index is 1.76. The predicted molar refractivity (Wildman–Crippen MR) is 81.7 cm³/mol. The van der Waals surface area contributed by atoms with Gasteiger partial charge in [0.25, 0.3) is 0 Å². The van der Waals surface area contributed by atoms with Gasteiger partial charge >= 0.3 is 0 Å². The molecule has 2 aromatic rings. The first-order valence-corrected chi connectivity index (χ1v) is 7.62. The third kappa shape index (κ3) is 1.82. The van der Waals surface area contributed by atoms with Gasteiger partial charge in [-0.1, -0.05) is 25.0 Å². The number of anilines is 2. The van der Waals surface area contributed by atoms with Gasteiger partial charge in [0.1, 0.15) is 0 Å². The van der Waals surface area contributed by atoms with Gasteiger partial charge in [-0.15, -0.1) is 0 Å². The lowest BCUT2D eigenvalue weighted by Gasteiger charge is -2.32. The second kappa shape index (κ2) is 4.62. The van der Waals surface area contributed by atoms with E-state index in [1.165, 1.54) is 32.1 Å². The molecule has 0 amide bonds. The molecule has 2 N–H and O–H groups in total. The van der Waals surface area contributed by atoms with Gasteiger partial charge in [0.2, 0.25) is 0 Å².